The minimum atomic E-state index is -0.914. The van der Waals surface area contributed by atoms with Gasteiger partial charge in [0.15, 0.2) is 5.78 Å². The maximum Gasteiger partial charge on any atom is 0.317 e. The van der Waals surface area contributed by atoms with Crippen molar-refractivity contribution in [2.75, 3.05) is 13.2 Å². The normalized spacial score (nSPS) is 37.4. The van der Waals surface area contributed by atoms with Crippen molar-refractivity contribution in [2.24, 2.45) is 11.8 Å². The third kappa shape index (κ3) is 2.49. The van der Waals surface area contributed by atoms with Crippen LogP contribution in [0.1, 0.15) is 26.2 Å². The summed E-state index contributed by atoms with van der Waals surface area (Å²) >= 11 is 0. The number of alkyl halides is 1. The highest BCUT2D eigenvalue weighted by atomic mass is 19.1. The summed E-state index contributed by atoms with van der Waals surface area (Å²) in [6.45, 7) is 2.30. The molecule has 0 aromatic carbocycles. The van der Waals surface area contributed by atoms with Crippen molar-refractivity contribution in [1.82, 2.24) is 5.32 Å². The van der Waals surface area contributed by atoms with Gasteiger partial charge in [-0.2, -0.15) is 0 Å². The largest absolute Gasteiger partial charge is 0.465 e. The molecular weight excluding hydrogens is 225 g/mol. The molecule has 96 valence electrons. The lowest BCUT2D eigenvalue weighted by atomic mass is 9.74. The molecule has 4 nitrogen and oxygen atoms in total. The number of rotatable bonds is 2. The molecule has 4 atom stereocenters. The Hall–Kier alpha value is -0.970. The molecule has 1 saturated carbocycles. The van der Waals surface area contributed by atoms with Crippen LogP contribution in [0.5, 0.6) is 0 Å². The fraction of sp³-hybridized carbons (Fsp3) is 0.833. The number of halogens is 1. The van der Waals surface area contributed by atoms with E-state index in [1.807, 2.05) is 0 Å². The second kappa shape index (κ2) is 5.12. The zero-order valence-corrected chi connectivity index (χ0v) is 9.95. The number of carbonyl (C=O) groups excluding carboxylic acids is 2. The zero-order valence-electron chi connectivity index (χ0n) is 9.95. The van der Waals surface area contributed by atoms with E-state index in [2.05, 4.69) is 5.32 Å². The van der Waals surface area contributed by atoms with Crippen LogP contribution in [0.3, 0.4) is 0 Å². The van der Waals surface area contributed by atoms with Crippen LogP contribution in [0, 0.1) is 11.8 Å². The van der Waals surface area contributed by atoms with Crippen molar-refractivity contribution in [3.05, 3.63) is 0 Å². The average molecular weight is 243 g/mol. The van der Waals surface area contributed by atoms with Gasteiger partial charge in [-0.25, -0.2) is 4.39 Å². The fourth-order valence-corrected chi connectivity index (χ4v) is 2.75. The third-order valence-electron chi connectivity index (χ3n) is 3.65. The number of ether oxygens (including phenoxy) is 1. The smallest absolute Gasteiger partial charge is 0.317 e. The lowest BCUT2D eigenvalue weighted by Crippen LogP contribution is -2.56. The summed E-state index contributed by atoms with van der Waals surface area (Å²) in [4.78, 5) is 23.7. The van der Waals surface area contributed by atoms with Gasteiger partial charge in [-0.1, -0.05) is 0 Å². The van der Waals surface area contributed by atoms with Crippen LogP contribution in [-0.4, -0.2) is 37.1 Å². The molecule has 1 aliphatic heterocycles. The highest BCUT2D eigenvalue weighted by Gasteiger charge is 2.44. The molecule has 0 aromatic rings. The SMILES string of the molecule is CCOC(=O)C1CNC2CCC(F)CC2C1=O. The van der Waals surface area contributed by atoms with E-state index in [9.17, 15) is 14.0 Å². The van der Waals surface area contributed by atoms with E-state index in [-0.39, 0.29) is 30.8 Å². The maximum absolute atomic E-state index is 13.3. The zero-order chi connectivity index (χ0) is 12.4. The van der Waals surface area contributed by atoms with Gasteiger partial charge in [-0.15, -0.1) is 0 Å². The van der Waals surface area contributed by atoms with Crippen LogP contribution in [0.15, 0.2) is 0 Å². The number of hydrogen-bond acceptors (Lipinski definition) is 4. The second-order valence-corrected chi connectivity index (χ2v) is 4.74. The molecule has 0 aromatic heterocycles. The standard InChI is InChI=1S/C12H18FNO3/c1-2-17-12(16)9-6-14-10-4-3-7(13)5-8(10)11(9)15/h7-10,14H,2-6H2,1H3. The summed E-state index contributed by atoms with van der Waals surface area (Å²) in [5.74, 6) is -1.73. The van der Waals surface area contributed by atoms with Crippen molar-refractivity contribution in [3.63, 3.8) is 0 Å². The predicted molar refractivity (Wildman–Crippen MR) is 59.2 cm³/mol. The van der Waals surface area contributed by atoms with E-state index in [1.165, 1.54) is 0 Å². The molecule has 1 aliphatic carbocycles. The molecule has 17 heavy (non-hydrogen) atoms. The average Bonchev–Trinajstić information content (AvgIpc) is 2.30. The van der Waals surface area contributed by atoms with E-state index < -0.39 is 18.1 Å². The molecule has 5 heteroatoms. The second-order valence-electron chi connectivity index (χ2n) is 4.74. The highest BCUT2D eigenvalue weighted by molar-refractivity contribution is 6.01. The first-order valence-corrected chi connectivity index (χ1v) is 6.21. The number of piperidine rings is 1. The van der Waals surface area contributed by atoms with Crippen LogP contribution in [0.25, 0.3) is 0 Å². The van der Waals surface area contributed by atoms with Gasteiger partial charge in [0.1, 0.15) is 12.1 Å². The Balaban J connectivity index is 2.04. The minimum Gasteiger partial charge on any atom is -0.465 e. The Bertz CT molecular complexity index is 321. The summed E-state index contributed by atoms with van der Waals surface area (Å²) < 4.78 is 18.2. The van der Waals surface area contributed by atoms with Crippen molar-refractivity contribution < 1.29 is 18.7 Å². The van der Waals surface area contributed by atoms with Crippen molar-refractivity contribution in [3.8, 4) is 0 Å². The Kier molecular flexibility index (Phi) is 3.76. The lowest BCUT2D eigenvalue weighted by molar-refractivity contribution is -0.155. The molecule has 4 unspecified atom stereocenters. The first-order valence-electron chi connectivity index (χ1n) is 6.21. The molecule has 0 bridgehead atoms. The summed E-state index contributed by atoms with van der Waals surface area (Å²) in [5, 5.41) is 3.17. The number of esters is 1. The van der Waals surface area contributed by atoms with Gasteiger partial charge in [0.2, 0.25) is 0 Å². The molecule has 2 fully saturated rings. The molecule has 1 N–H and O–H groups in total. The van der Waals surface area contributed by atoms with Gasteiger partial charge in [0, 0.05) is 18.5 Å². The van der Waals surface area contributed by atoms with Crippen LogP contribution in [0.4, 0.5) is 4.39 Å². The van der Waals surface area contributed by atoms with Crippen LogP contribution >= 0.6 is 0 Å². The van der Waals surface area contributed by atoms with Crippen molar-refractivity contribution in [2.45, 2.75) is 38.4 Å². The Morgan fingerprint density at radius 3 is 3.00 bits per heavy atom. The maximum atomic E-state index is 13.3. The molecular formula is C12H18FNO3. The van der Waals surface area contributed by atoms with Crippen molar-refractivity contribution in [1.29, 1.82) is 0 Å². The highest BCUT2D eigenvalue weighted by Crippen LogP contribution is 2.32. The molecule has 2 aliphatic rings. The number of hydrogen-bond donors (Lipinski definition) is 1. The Morgan fingerprint density at radius 1 is 1.53 bits per heavy atom. The molecule has 1 heterocycles. The van der Waals surface area contributed by atoms with E-state index in [0.29, 0.717) is 19.4 Å². The molecule has 2 rings (SSSR count). The topological polar surface area (TPSA) is 55.4 Å². The first-order chi connectivity index (χ1) is 8.13. The number of nitrogens with one attached hydrogen (secondary N) is 1. The van der Waals surface area contributed by atoms with E-state index in [1.54, 1.807) is 6.92 Å². The summed E-state index contributed by atoms with van der Waals surface area (Å²) in [6, 6.07) is 0.0418. The number of ketones is 1. The molecule has 0 amide bonds. The lowest BCUT2D eigenvalue weighted by Gasteiger charge is -2.39. The Morgan fingerprint density at radius 2 is 2.29 bits per heavy atom. The minimum absolute atomic E-state index is 0.0418. The number of Topliss-reactive ketones (excluding diaryl/α,β-unsaturated/α-hetero) is 1. The first kappa shape index (κ1) is 12.5. The summed E-state index contributed by atoms with van der Waals surface area (Å²) in [7, 11) is 0. The van der Waals surface area contributed by atoms with Gasteiger partial charge < -0.3 is 10.1 Å². The third-order valence-corrected chi connectivity index (χ3v) is 3.65. The predicted octanol–water partition coefficient (Wildman–Crippen LogP) is 0.845. The van der Waals surface area contributed by atoms with Gasteiger partial charge in [0.05, 0.1) is 6.61 Å². The summed E-state index contributed by atoms with van der Waals surface area (Å²) in [6.07, 6.45) is 0.508. The van der Waals surface area contributed by atoms with E-state index in [0.717, 1.165) is 0 Å². The van der Waals surface area contributed by atoms with E-state index in [4.69, 9.17) is 4.74 Å². The van der Waals surface area contributed by atoms with Crippen LogP contribution in [0.2, 0.25) is 0 Å². The monoisotopic (exact) mass is 243 g/mol. The van der Waals surface area contributed by atoms with E-state index >= 15 is 0 Å². The van der Waals surface area contributed by atoms with Crippen LogP contribution < -0.4 is 5.32 Å². The molecule has 0 radical (unpaired) electrons. The Labute approximate surface area is 99.9 Å². The van der Waals surface area contributed by atoms with Gasteiger partial charge >= 0.3 is 5.97 Å². The fourth-order valence-electron chi connectivity index (χ4n) is 2.75. The van der Waals surface area contributed by atoms with Gasteiger partial charge in [-0.05, 0) is 26.2 Å². The molecule has 1 saturated heterocycles. The molecule has 0 spiro atoms. The van der Waals surface area contributed by atoms with Gasteiger partial charge in [0.25, 0.3) is 0 Å². The van der Waals surface area contributed by atoms with Crippen LogP contribution in [-0.2, 0) is 14.3 Å². The number of fused-ring (bicyclic) bond motifs is 1. The van der Waals surface area contributed by atoms with Crippen molar-refractivity contribution >= 4 is 11.8 Å². The quantitative estimate of drug-likeness (QED) is 0.577. The number of carbonyl (C=O) groups is 2. The van der Waals surface area contributed by atoms with Gasteiger partial charge in [-0.3, -0.25) is 9.59 Å². The summed E-state index contributed by atoms with van der Waals surface area (Å²) in [5.41, 5.74) is 0.